The van der Waals surface area contributed by atoms with Gasteiger partial charge in [-0.05, 0) is 80.9 Å². The number of nitrogens with two attached hydrogens (primary N) is 1. The molecule has 0 amide bonds. The van der Waals surface area contributed by atoms with Crippen LogP contribution in [0, 0.1) is 0 Å². The van der Waals surface area contributed by atoms with Crippen LogP contribution < -0.4 is 5.73 Å². The van der Waals surface area contributed by atoms with Gasteiger partial charge in [0, 0.05) is 18.7 Å². The lowest BCUT2D eigenvalue weighted by molar-refractivity contribution is 0.223. The predicted octanol–water partition coefficient (Wildman–Crippen LogP) is 4.92. The Balaban J connectivity index is 1.48. The van der Waals surface area contributed by atoms with E-state index < -0.39 is 0 Å². The molecule has 1 saturated carbocycles. The van der Waals surface area contributed by atoms with E-state index in [4.69, 9.17) is 10.7 Å². The average molecular weight is 389 g/mol. The highest BCUT2D eigenvalue weighted by Crippen LogP contribution is 2.45. The van der Waals surface area contributed by atoms with Crippen LogP contribution in [0.15, 0.2) is 42.5 Å². The lowest BCUT2D eigenvalue weighted by atomic mass is 9.99. The highest BCUT2D eigenvalue weighted by Gasteiger charge is 2.28. The minimum Gasteiger partial charge on any atom is -0.326 e. The second kappa shape index (κ2) is 8.29. The Morgan fingerprint density at radius 2 is 1.79 bits per heavy atom. The number of aryl methyl sites for hydroxylation is 1. The van der Waals surface area contributed by atoms with E-state index in [1.165, 1.54) is 80.4 Å². The number of aromatic nitrogens is 2. The van der Waals surface area contributed by atoms with Gasteiger partial charge in [-0.25, -0.2) is 4.98 Å². The van der Waals surface area contributed by atoms with Crippen molar-refractivity contribution in [1.29, 1.82) is 0 Å². The van der Waals surface area contributed by atoms with Gasteiger partial charge >= 0.3 is 0 Å². The summed E-state index contributed by atoms with van der Waals surface area (Å²) in [4.78, 5) is 7.73. The minimum atomic E-state index is 0.603. The van der Waals surface area contributed by atoms with Crippen LogP contribution in [0.5, 0.6) is 0 Å². The number of imidazole rings is 1. The normalized spacial score (nSPS) is 17.8. The maximum Gasteiger partial charge on any atom is 0.141 e. The number of hydrogen-bond acceptors (Lipinski definition) is 3. The lowest BCUT2D eigenvalue weighted by Gasteiger charge is -2.26. The largest absolute Gasteiger partial charge is 0.326 e. The van der Waals surface area contributed by atoms with Gasteiger partial charge in [0.25, 0.3) is 0 Å². The molecule has 3 aromatic rings. The summed E-state index contributed by atoms with van der Waals surface area (Å²) in [6, 6.07) is 15.4. The zero-order chi connectivity index (χ0) is 19.6. The van der Waals surface area contributed by atoms with Gasteiger partial charge in [0.15, 0.2) is 0 Å². The second-order valence-corrected chi connectivity index (χ2v) is 8.73. The molecule has 2 aromatic carbocycles. The molecule has 0 atom stereocenters. The average Bonchev–Trinajstić information content (AvgIpc) is 3.56. The molecule has 2 heterocycles. The van der Waals surface area contributed by atoms with Crippen molar-refractivity contribution >= 4 is 11.0 Å². The first-order chi connectivity index (χ1) is 14.3. The Morgan fingerprint density at radius 1 is 0.966 bits per heavy atom. The second-order valence-electron chi connectivity index (χ2n) is 8.73. The van der Waals surface area contributed by atoms with Crippen molar-refractivity contribution in [3.63, 3.8) is 0 Å². The molecule has 1 aliphatic heterocycles. The Morgan fingerprint density at radius 3 is 2.59 bits per heavy atom. The molecule has 4 heteroatoms. The molecular weight excluding hydrogens is 356 g/mol. The third kappa shape index (κ3) is 3.96. The molecule has 1 saturated heterocycles. The Labute approximate surface area is 173 Å². The molecule has 4 nitrogen and oxygen atoms in total. The van der Waals surface area contributed by atoms with Gasteiger partial charge in [0.1, 0.15) is 5.82 Å². The number of rotatable bonds is 7. The molecule has 29 heavy (non-hydrogen) atoms. The number of piperidine rings is 1. The number of hydrogen-bond donors (Lipinski definition) is 1. The van der Waals surface area contributed by atoms with Gasteiger partial charge < -0.3 is 15.2 Å². The molecule has 0 bridgehead atoms. The highest BCUT2D eigenvalue weighted by molar-refractivity contribution is 5.81. The highest BCUT2D eigenvalue weighted by atomic mass is 15.1. The molecule has 2 N–H and O–H groups in total. The minimum absolute atomic E-state index is 0.603. The van der Waals surface area contributed by atoms with Crippen molar-refractivity contribution in [2.24, 2.45) is 5.73 Å². The standard InChI is InChI=1S/C25H32N4/c26-18-19-9-12-21(22(17-19)20-10-11-20)25-27-23-7-2-3-8-24(23)29(25)16-6-15-28-13-4-1-5-14-28/h2-3,7-9,12,17,20H,1,4-6,10-11,13-16,18,26H2. The van der Waals surface area contributed by atoms with Crippen LogP contribution in [0.25, 0.3) is 22.4 Å². The van der Waals surface area contributed by atoms with Gasteiger partial charge in [-0.3, -0.25) is 0 Å². The summed E-state index contributed by atoms with van der Waals surface area (Å²) in [5.74, 6) is 1.81. The van der Waals surface area contributed by atoms with E-state index in [2.05, 4.69) is 51.9 Å². The van der Waals surface area contributed by atoms with Crippen LogP contribution in [-0.2, 0) is 13.1 Å². The third-order valence-electron chi connectivity index (χ3n) is 6.57. The monoisotopic (exact) mass is 388 g/mol. The van der Waals surface area contributed by atoms with E-state index in [1.54, 1.807) is 0 Å². The number of para-hydroxylation sites is 2. The number of benzene rings is 2. The molecule has 0 radical (unpaired) electrons. The van der Waals surface area contributed by atoms with E-state index in [-0.39, 0.29) is 0 Å². The fourth-order valence-electron chi connectivity index (χ4n) is 4.82. The van der Waals surface area contributed by atoms with Crippen LogP contribution in [0.3, 0.4) is 0 Å². The maximum absolute atomic E-state index is 5.93. The zero-order valence-corrected chi connectivity index (χ0v) is 17.3. The summed E-state index contributed by atoms with van der Waals surface area (Å²) in [6.07, 6.45) is 7.87. The molecule has 2 aliphatic rings. The maximum atomic E-state index is 5.93. The molecule has 0 spiro atoms. The Bertz CT molecular complexity index is 980. The van der Waals surface area contributed by atoms with E-state index in [1.807, 2.05) is 0 Å². The van der Waals surface area contributed by atoms with Gasteiger partial charge in [-0.15, -0.1) is 0 Å². The van der Waals surface area contributed by atoms with Crippen molar-refractivity contribution in [1.82, 2.24) is 14.5 Å². The summed E-state index contributed by atoms with van der Waals surface area (Å²) in [5, 5.41) is 0. The quantitative estimate of drug-likeness (QED) is 0.625. The summed E-state index contributed by atoms with van der Waals surface area (Å²) >= 11 is 0. The van der Waals surface area contributed by atoms with Crippen molar-refractivity contribution in [3.05, 3.63) is 53.6 Å². The fourth-order valence-corrected chi connectivity index (χ4v) is 4.82. The van der Waals surface area contributed by atoms with Crippen molar-refractivity contribution in [2.75, 3.05) is 19.6 Å². The molecule has 0 unspecified atom stereocenters. The molecule has 5 rings (SSSR count). The smallest absolute Gasteiger partial charge is 0.141 e. The van der Waals surface area contributed by atoms with Gasteiger partial charge in [0.05, 0.1) is 11.0 Å². The first-order valence-electron chi connectivity index (χ1n) is 11.3. The molecule has 152 valence electrons. The lowest BCUT2D eigenvalue weighted by Crippen LogP contribution is -2.31. The van der Waals surface area contributed by atoms with Crippen molar-refractivity contribution in [3.8, 4) is 11.4 Å². The number of fused-ring (bicyclic) bond motifs is 1. The first-order valence-corrected chi connectivity index (χ1v) is 11.3. The van der Waals surface area contributed by atoms with Crippen molar-refractivity contribution < 1.29 is 0 Å². The number of likely N-dealkylation sites (tertiary alicyclic amines) is 1. The zero-order valence-electron chi connectivity index (χ0n) is 17.3. The van der Waals surface area contributed by atoms with Gasteiger partial charge in [-0.2, -0.15) is 0 Å². The van der Waals surface area contributed by atoms with Gasteiger partial charge in [-0.1, -0.05) is 36.8 Å². The van der Waals surface area contributed by atoms with Crippen LogP contribution in [0.4, 0.5) is 0 Å². The van der Waals surface area contributed by atoms with E-state index in [0.717, 1.165) is 17.9 Å². The van der Waals surface area contributed by atoms with E-state index in [0.29, 0.717) is 12.5 Å². The van der Waals surface area contributed by atoms with E-state index >= 15 is 0 Å². The molecule has 1 aliphatic carbocycles. The molecule has 2 fully saturated rings. The van der Waals surface area contributed by atoms with E-state index in [9.17, 15) is 0 Å². The first kappa shape index (κ1) is 18.8. The Hall–Kier alpha value is -2.17. The Kier molecular flexibility index (Phi) is 5.38. The van der Waals surface area contributed by atoms with Crippen LogP contribution in [-0.4, -0.2) is 34.1 Å². The summed E-state index contributed by atoms with van der Waals surface area (Å²) in [5.41, 5.74) is 12.3. The van der Waals surface area contributed by atoms with Crippen LogP contribution in [0.1, 0.15) is 55.6 Å². The summed E-state index contributed by atoms with van der Waals surface area (Å²) < 4.78 is 2.46. The topological polar surface area (TPSA) is 47.1 Å². The van der Waals surface area contributed by atoms with Crippen LogP contribution >= 0.6 is 0 Å². The molecular formula is C25H32N4. The third-order valence-corrected chi connectivity index (χ3v) is 6.57. The van der Waals surface area contributed by atoms with Gasteiger partial charge in [0.2, 0.25) is 0 Å². The SMILES string of the molecule is NCc1ccc(-c2nc3ccccc3n2CCCN2CCCCC2)c(C2CC2)c1. The molecule has 1 aromatic heterocycles. The number of nitrogens with zero attached hydrogens (tertiary/aromatic N) is 3. The fraction of sp³-hybridized carbons (Fsp3) is 0.480. The predicted molar refractivity (Wildman–Crippen MR) is 120 cm³/mol. The van der Waals surface area contributed by atoms with Crippen molar-refractivity contribution in [2.45, 2.75) is 57.5 Å². The summed E-state index contributed by atoms with van der Waals surface area (Å²) in [6.45, 7) is 5.35. The van der Waals surface area contributed by atoms with Crippen LogP contribution in [0.2, 0.25) is 0 Å². The summed E-state index contributed by atoms with van der Waals surface area (Å²) in [7, 11) is 0.